The van der Waals surface area contributed by atoms with Crippen LogP contribution in [0, 0.1) is 5.82 Å². The van der Waals surface area contributed by atoms with E-state index in [1.165, 1.54) is 19.2 Å². The minimum Gasteiger partial charge on any atom is -0.495 e. The molecule has 0 aromatic heterocycles. The van der Waals surface area contributed by atoms with Crippen molar-refractivity contribution in [3.8, 4) is 5.75 Å². The Morgan fingerprint density at radius 3 is 2.85 bits per heavy atom. The third kappa shape index (κ3) is 2.33. The summed E-state index contributed by atoms with van der Waals surface area (Å²) in [6, 6.07) is 3.00. The van der Waals surface area contributed by atoms with Gasteiger partial charge in [-0.2, -0.15) is 0 Å². The van der Waals surface area contributed by atoms with Gasteiger partial charge in [0, 0.05) is 6.07 Å². The highest BCUT2D eigenvalue weighted by atomic mass is 19.1. The summed E-state index contributed by atoms with van der Waals surface area (Å²) in [7, 11) is 1.42. The number of benzene rings is 1. The number of halogens is 1. The van der Waals surface area contributed by atoms with Crippen molar-refractivity contribution >= 4 is 11.7 Å². The number of amides is 2. The lowest BCUT2D eigenvalue weighted by atomic mass is 10.3. The van der Waals surface area contributed by atoms with Gasteiger partial charge in [0.2, 0.25) is 0 Å². The van der Waals surface area contributed by atoms with Crippen LogP contribution in [0.25, 0.3) is 0 Å². The van der Waals surface area contributed by atoms with Gasteiger partial charge in [-0.3, -0.25) is 0 Å². The fourth-order valence-electron chi connectivity index (χ4n) is 0.911. The number of nitrogens with one attached hydrogen (secondary N) is 1. The van der Waals surface area contributed by atoms with Gasteiger partial charge >= 0.3 is 6.03 Å². The molecule has 5 heteroatoms. The van der Waals surface area contributed by atoms with Crippen LogP contribution in [0.15, 0.2) is 18.2 Å². The molecule has 0 saturated heterocycles. The Bertz CT molecular complexity index is 328. The molecule has 0 atom stereocenters. The summed E-state index contributed by atoms with van der Waals surface area (Å²) in [6.45, 7) is 0. The van der Waals surface area contributed by atoms with Gasteiger partial charge in [0.15, 0.2) is 0 Å². The Morgan fingerprint density at radius 1 is 1.62 bits per heavy atom. The first-order chi connectivity index (χ1) is 6.13. The maximum absolute atomic E-state index is 12.7. The first-order valence-electron chi connectivity index (χ1n) is 3.53. The topological polar surface area (TPSA) is 64.3 Å². The number of anilines is 1. The van der Waals surface area contributed by atoms with E-state index in [2.05, 4.69) is 5.32 Å². The zero-order chi connectivity index (χ0) is 9.84. The van der Waals surface area contributed by atoms with E-state index in [9.17, 15) is 9.18 Å². The highest BCUT2D eigenvalue weighted by Gasteiger charge is 2.05. The molecular formula is C8H9FN2O2. The number of carbonyl (C=O) groups excluding carboxylic acids is 1. The smallest absolute Gasteiger partial charge is 0.316 e. The van der Waals surface area contributed by atoms with E-state index >= 15 is 0 Å². The molecule has 0 unspecified atom stereocenters. The fourth-order valence-corrected chi connectivity index (χ4v) is 0.911. The molecule has 4 nitrogen and oxygen atoms in total. The van der Waals surface area contributed by atoms with Crippen LogP contribution in [0.5, 0.6) is 5.75 Å². The Morgan fingerprint density at radius 2 is 2.31 bits per heavy atom. The summed E-state index contributed by atoms with van der Waals surface area (Å²) >= 11 is 0. The number of hydrogen-bond acceptors (Lipinski definition) is 2. The molecule has 1 aromatic carbocycles. The highest BCUT2D eigenvalue weighted by Crippen LogP contribution is 2.24. The van der Waals surface area contributed by atoms with Crippen molar-refractivity contribution < 1.29 is 13.9 Å². The standard InChI is InChI=1S/C8H9FN2O2/c1-13-7-3-2-5(9)4-6(7)11-8(10)12/h2-4H,1H3,(H3,10,11,12). The number of nitrogens with two attached hydrogens (primary N) is 1. The molecule has 0 aliphatic carbocycles. The van der Waals surface area contributed by atoms with Gasteiger partial charge < -0.3 is 15.8 Å². The van der Waals surface area contributed by atoms with Gasteiger partial charge in [-0.15, -0.1) is 0 Å². The van der Waals surface area contributed by atoms with E-state index in [0.29, 0.717) is 5.75 Å². The molecule has 0 fully saturated rings. The summed E-state index contributed by atoms with van der Waals surface area (Å²) < 4.78 is 17.6. The van der Waals surface area contributed by atoms with Gasteiger partial charge in [0.1, 0.15) is 11.6 Å². The molecule has 0 bridgehead atoms. The summed E-state index contributed by atoms with van der Waals surface area (Å²) in [6.07, 6.45) is 0. The van der Waals surface area contributed by atoms with Gasteiger partial charge in [0.05, 0.1) is 12.8 Å². The minimum absolute atomic E-state index is 0.218. The lowest BCUT2D eigenvalue weighted by Crippen LogP contribution is -2.19. The Balaban J connectivity index is 3.01. The third-order valence-electron chi connectivity index (χ3n) is 1.42. The van der Waals surface area contributed by atoms with E-state index in [4.69, 9.17) is 10.5 Å². The van der Waals surface area contributed by atoms with Crippen molar-refractivity contribution in [2.24, 2.45) is 5.73 Å². The number of methoxy groups -OCH3 is 1. The van der Waals surface area contributed by atoms with Gasteiger partial charge in [-0.25, -0.2) is 9.18 Å². The van der Waals surface area contributed by atoms with E-state index in [1.54, 1.807) is 0 Å². The molecule has 0 aliphatic rings. The molecule has 0 saturated carbocycles. The van der Waals surface area contributed by atoms with Crippen LogP contribution in [0.1, 0.15) is 0 Å². The number of urea groups is 1. The Hall–Kier alpha value is -1.78. The molecule has 0 spiro atoms. The summed E-state index contributed by atoms with van der Waals surface area (Å²) in [5, 5.41) is 2.24. The van der Waals surface area contributed by atoms with Crippen LogP contribution in [-0.2, 0) is 0 Å². The number of rotatable bonds is 2. The summed E-state index contributed by atoms with van der Waals surface area (Å²) in [4.78, 5) is 10.5. The van der Waals surface area contributed by atoms with E-state index in [1.807, 2.05) is 0 Å². The molecule has 13 heavy (non-hydrogen) atoms. The largest absolute Gasteiger partial charge is 0.495 e. The molecule has 3 N–H and O–H groups in total. The van der Waals surface area contributed by atoms with Gasteiger partial charge in [-0.05, 0) is 12.1 Å². The molecule has 0 aliphatic heterocycles. The van der Waals surface area contributed by atoms with Gasteiger partial charge in [-0.1, -0.05) is 0 Å². The quantitative estimate of drug-likeness (QED) is 0.728. The normalized spacial score (nSPS) is 9.38. The average Bonchev–Trinajstić information content (AvgIpc) is 2.03. The number of ether oxygens (including phenoxy) is 1. The number of hydrogen-bond donors (Lipinski definition) is 2. The van der Waals surface area contributed by atoms with Crippen molar-refractivity contribution in [2.75, 3.05) is 12.4 Å². The average molecular weight is 184 g/mol. The van der Waals surface area contributed by atoms with Crippen molar-refractivity contribution in [3.63, 3.8) is 0 Å². The third-order valence-corrected chi connectivity index (χ3v) is 1.42. The molecule has 0 radical (unpaired) electrons. The number of carbonyl (C=O) groups is 1. The second-order valence-corrected chi connectivity index (χ2v) is 2.33. The predicted octanol–water partition coefficient (Wildman–Crippen LogP) is 1.32. The molecule has 2 amide bonds. The van der Waals surface area contributed by atoms with E-state index in [-0.39, 0.29) is 5.69 Å². The van der Waals surface area contributed by atoms with Crippen molar-refractivity contribution in [1.29, 1.82) is 0 Å². The predicted molar refractivity (Wildman–Crippen MR) is 46.2 cm³/mol. The van der Waals surface area contributed by atoms with Crippen LogP contribution >= 0.6 is 0 Å². The first-order valence-corrected chi connectivity index (χ1v) is 3.53. The molecule has 70 valence electrons. The minimum atomic E-state index is -0.760. The molecule has 0 heterocycles. The maximum atomic E-state index is 12.7. The second kappa shape index (κ2) is 3.75. The second-order valence-electron chi connectivity index (χ2n) is 2.33. The van der Waals surface area contributed by atoms with Crippen LogP contribution in [0.3, 0.4) is 0 Å². The number of primary amides is 1. The van der Waals surface area contributed by atoms with Crippen LogP contribution in [0.4, 0.5) is 14.9 Å². The monoisotopic (exact) mass is 184 g/mol. The van der Waals surface area contributed by atoms with Crippen LogP contribution in [-0.4, -0.2) is 13.1 Å². The van der Waals surface area contributed by atoms with Gasteiger partial charge in [0.25, 0.3) is 0 Å². The van der Waals surface area contributed by atoms with Crippen LogP contribution < -0.4 is 15.8 Å². The zero-order valence-electron chi connectivity index (χ0n) is 7.00. The van der Waals surface area contributed by atoms with Crippen molar-refractivity contribution in [1.82, 2.24) is 0 Å². The molecule has 1 rings (SSSR count). The molecule has 1 aromatic rings. The summed E-state index contributed by atoms with van der Waals surface area (Å²) in [5.74, 6) is -0.107. The lowest BCUT2D eigenvalue weighted by molar-refractivity contribution is 0.259. The lowest BCUT2D eigenvalue weighted by Gasteiger charge is -2.07. The van der Waals surface area contributed by atoms with E-state index < -0.39 is 11.8 Å². The molecular weight excluding hydrogens is 175 g/mol. The maximum Gasteiger partial charge on any atom is 0.316 e. The first kappa shape index (κ1) is 9.31. The van der Waals surface area contributed by atoms with Crippen LogP contribution in [0.2, 0.25) is 0 Å². The highest BCUT2D eigenvalue weighted by molar-refractivity contribution is 5.89. The van der Waals surface area contributed by atoms with Crippen molar-refractivity contribution in [2.45, 2.75) is 0 Å². The Kier molecular flexibility index (Phi) is 2.69. The SMILES string of the molecule is COc1ccc(F)cc1NC(N)=O. The van der Waals surface area contributed by atoms with Crippen molar-refractivity contribution in [3.05, 3.63) is 24.0 Å². The van der Waals surface area contributed by atoms with E-state index in [0.717, 1.165) is 6.07 Å². The summed E-state index contributed by atoms with van der Waals surface area (Å²) in [5.41, 5.74) is 5.09. The Labute approximate surface area is 74.5 Å². The zero-order valence-corrected chi connectivity index (χ0v) is 7.00. The fraction of sp³-hybridized carbons (Fsp3) is 0.125.